The lowest BCUT2D eigenvalue weighted by atomic mass is 10.2. The molecule has 90 valence electrons. The van der Waals surface area contributed by atoms with Gasteiger partial charge in [-0.05, 0) is 42.3 Å². The monoisotopic (exact) mass is 285 g/mol. The zero-order chi connectivity index (χ0) is 12.4. The van der Waals surface area contributed by atoms with E-state index in [4.69, 9.17) is 28.9 Å². The van der Waals surface area contributed by atoms with Crippen molar-refractivity contribution < 1.29 is 0 Å². The molecule has 4 heteroatoms. The van der Waals surface area contributed by atoms with Crippen molar-refractivity contribution in [2.24, 2.45) is 5.73 Å². The summed E-state index contributed by atoms with van der Waals surface area (Å²) < 4.78 is 0. The van der Waals surface area contributed by atoms with Crippen molar-refractivity contribution >= 4 is 34.5 Å². The molecule has 0 amide bonds. The Morgan fingerprint density at radius 1 is 1.18 bits per heavy atom. The number of benzene rings is 1. The van der Waals surface area contributed by atoms with Crippen LogP contribution < -0.4 is 5.73 Å². The van der Waals surface area contributed by atoms with Gasteiger partial charge in [-0.25, -0.2) is 0 Å². The average molecular weight is 286 g/mol. The van der Waals surface area contributed by atoms with E-state index in [-0.39, 0.29) is 6.04 Å². The van der Waals surface area contributed by atoms with Gasteiger partial charge in [-0.1, -0.05) is 30.1 Å². The third-order valence-corrected chi connectivity index (χ3v) is 4.28. The predicted molar refractivity (Wildman–Crippen MR) is 77.0 cm³/mol. The first-order valence-electron chi connectivity index (χ1n) is 5.42. The van der Waals surface area contributed by atoms with Gasteiger partial charge in [0, 0.05) is 25.8 Å². The predicted octanol–water partition coefficient (Wildman–Crippen LogP) is 5.13. The maximum Gasteiger partial charge on any atom is 0.0427 e. The fourth-order valence-corrected chi connectivity index (χ4v) is 3.21. The quantitative estimate of drug-likeness (QED) is 0.831. The van der Waals surface area contributed by atoms with Crippen molar-refractivity contribution in [3.05, 3.63) is 45.3 Å². The highest BCUT2D eigenvalue weighted by Gasteiger charge is 2.09. The van der Waals surface area contributed by atoms with E-state index in [9.17, 15) is 0 Å². The number of rotatable bonds is 3. The van der Waals surface area contributed by atoms with Gasteiger partial charge in [-0.15, -0.1) is 11.3 Å². The summed E-state index contributed by atoms with van der Waals surface area (Å²) in [6, 6.07) is 9.82. The molecule has 2 N–H and O–H groups in total. The van der Waals surface area contributed by atoms with Crippen LogP contribution >= 0.6 is 34.5 Å². The second-order valence-corrected chi connectivity index (χ2v) is 5.86. The van der Waals surface area contributed by atoms with Crippen molar-refractivity contribution in [1.82, 2.24) is 0 Å². The van der Waals surface area contributed by atoms with Gasteiger partial charge in [0.25, 0.3) is 0 Å². The normalized spacial score (nSPS) is 12.7. The second kappa shape index (κ2) is 5.40. The molecular formula is C13H13Cl2NS. The molecule has 0 aliphatic rings. The fraction of sp³-hybridized carbons (Fsp3) is 0.231. The first-order chi connectivity index (χ1) is 8.10. The lowest BCUT2D eigenvalue weighted by Crippen LogP contribution is -2.05. The minimum Gasteiger partial charge on any atom is -0.323 e. The van der Waals surface area contributed by atoms with E-state index in [1.165, 1.54) is 4.88 Å². The number of hydrogen-bond donors (Lipinski definition) is 1. The SMILES string of the molecule is CCC(N)c1ccc(-c2cc(Cl)cc(Cl)c2)s1. The summed E-state index contributed by atoms with van der Waals surface area (Å²) >= 11 is 13.7. The Hall–Kier alpha value is -0.540. The molecule has 0 bridgehead atoms. The van der Waals surface area contributed by atoms with Crippen molar-refractivity contribution in [2.45, 2.75) is 19.4 Å². The van der Waals surface area contributed by atoms with Gasteiger partial charge in [0.2, 0.25) is 0 Å². The van der Waals surface area contributed by atoms with Crippen molar-refractivity contribution in [3.63, 3.8) is 0 Å². The first-order valence-corrected chi connectivity index (χ1v) is 6.99. The molecular weight excluding hydrogens is 273 g/mol. The van der Waals surface area contributed by atoms with E-state index < -0.39 is 0 Å². The van der Waals surface area contributed by atoms with Gasteiger partial charge < -0.3 is 5.73 Å². The molecule has 1 aromatic heterocycles. The molecule has 0 saturated carbocycles. The van der Waals surface area contributed by atoms with Crippen molar-refractivity contribution in [1.29, 1.82) is 0 Å². The van der Waals surface area contributed by atoms with E-state index >= 15 is 0 Å². The van der Waals surface area contributed by atoms with E-state index in [1.807, 2.05) is 12.1 Å². The number of halogens is 2. The summed E-state index contributed by atoms with van der Waals surface area (Å²) in [4.78, 5) is 2.34. The van der Waals surface area contributed by atoms with E-state index in [2.05, 4.69) is 19.1 Å². The zero-order valence-electron chi connectivity index (χ0n) is 9.41. The summed E-state index contributed by atoms with van der Waals surface area (Å²) in [5, 5.41) is 1.31. The topological polar surface area (TPSA) is 26.0 Å². The molecule has 0 aliphatic heterocycles. The van der Waals surface area contributed by atoms with Gasteiger partial charge in [0.05, 0.1) is 0 Å². The summed E-state index contributed by atoms with van der Waals surface area (Å²) in [7, 11) is 0. The number of nitrogens with two attached hydrogens (primary N) is 1. The fourth-order valence-electron chi connectivity index (χ4n) is 1.60. The standard InChI is InChI=1S/C13H13Cl2NS/c1-2-11(16)13-4-3-12(17-13)8-5-9(14)7-10(15)6-8/h3-7,11H,2,16H2,1H3. The van der Waals surface area contributed by atoms with Gasteiger partial charge in [0.1, 0.15) is 0 Å². The molecule has 0 saturated heterocycles. The minimum absolute atomic E-state index is 0.114. The first kappa shape index (κ1) is 12.9. The van der Waals surface area contributed by atoms with Crippen LogP contribution in [-0.4, -0.2) is 0 Å². The van der Waals surface area contributed by atoms with Crippen molar-refractivity contribution in [2.75, 3.05) is 0 Å². The third kappa shape index (κ3) is 3.02. The van der Waals surface area contributed by atoms with E-state index in [0.29, 0.717) is 10.0 Å². The second-order valence-electron chi connectivity index (χ2n) is 3.87. The van der Waals surface area contributed by atoms with Crippen LogP contribution in [0.15, 0.2) is 30.3 Å². The zero-order valence-corrected chi connectivity index (χ0v) is 11.7. The summed E-state index contributed by atoms with van der Waals surface area (Å²) in [6.07, 6.45) is 0.941. The molecule has 17 heavy (non-hydrogen) atoms. The lowest BCUT2D eigenvalue weighted by molar-refractivity contribution is 0.712. The van der Waals surface area contributed by atoms with Crippen LogP contribution in [0.3, 0.4) is 0 Å². The Balaban J connectivity index is 2.36. The highest BCUT2D eigenvalue weighted by molar-refractivity contribution is 7.15. The Morgan fingerprint density at radius 2 is 1.82 bits per heavy atom. The molecule has 1 heterocycles. The summed E-state index contributed by atoms with van der Waals surface area (Å²) in [5.74, 6) is 0. The van der Waals surface area contributed by atoms with Crippen LogP contribution in [0.4, 0.5) is 0 Å². The maximum atomic E-state index is 6.00. The molecule has 1 aromatic carbocycles. The highest BCUT2D eigenvalue weighted by Crippen LogP contribution is 2.34. The molecule has 0 spiro atoms. The van der Waals surface area contributed by atoms with Crippen LogP contribution in [0, 0.1) is 0 Å². The molecule has 1 atom stereocenters. The maximum absolute atomic E-state index is 6.00. The highest BCUT2D eigenvalue weighted by atomic mass is 35.5. The van der Waals surface area contributed by atoms with Gasteiger partial charge >= 0.3 is 0 Å². The molecule has 2 rings (SSSR count). The average Bonchev–Trinajstić information content (AvgIpc) is 2.76. The van der Waals surface area contributed by atoms with Crippen molar-refractivity contribution in [3.8, 4) is 10.4 Å². The Kier molecular flexibility index (Phi) is 4.10. The van der Waals surface area contributed by atoms with E-state index in [1.54, 1.807) is 17.4 Å². The van der Waals surface area contributed by atoms with Gasteiger partial charge in [-0.2, -0.15) is 0 Å². The van der Waals surface area contributed by atoms with Gasteiger partial charge in [0.15, 0.2) is 0 Å². The summed E-state index contributed by atoms with van der Waals surface area (Å²) in [6.45, 7) is 2.08. The largest absolute Gasteiger partial charge is 0.323 e. The Labute approximate surface area is 115 Å². The number of thiophene rings is 1. The van der Waals surface area contributed by atoms with Crippen LogP contribution in [0.2, 0.25) is 10.0 Å². The van der Waals surface area contributed by atoms with E-state index in [0.717, 1.165) is 16.9 Å². The smallest absolute Gasteiger partial charge is 0.0427 e. The van der Waals surface area contributed by atoms with Crippen LogP contribution in [0.5, 0.6) is 0 Å². The van der Waals surface area contributed by atoms with Crippen LogP contribution in [0.25, 0.3) is 10.4 Å². The minimum atomic E-state index is 0.114. The Bertz CT molecular complexity index is 502. The van der Waals surface area contributed by atoms with Gasteiger partial charge in [-0.3, -0.25) is 0 Å². The molecule has 2 aromatic rings. The number of hydrogen-bond acceptors (Lipinski definition) is 2. The molecule has 0 radical (unpaired) electrons. The third-order valence-electron chi connectivity index (χ3n) is 2.58. The van der Waals surface area contributed by atoms with Crippen LogP contribution in [-0.2, 0) is 0 Å². The molecule has 0 fully saturated rings. The molecule has 0 aliphatic carbocycles. The molecule has 1 nitrogen and oxygen atoms in total. The molecule has 1 unspecified atom stereocenters. The summed E-state index contributed by atoms with van der Waals surface area (Å²) in [5.41, 5.74) is 7.05. The van der Waals surface area contributed by atoms with Crippen LogP contribution in [0.1, 0.15) is 24.3 Å². The Morgan fingerprint density at radius 3 is 2.41 bits per heavy atom. The lowest BCUT2D eigenvalue weighted by Gasteiger charge is -2.04.